The van der Waals surface area contributed by atoms with E-state index in [1.165, 1.54) is 4.88 Å². The molecule has 0 saturated carbocycles. The van der Waals surface area contributed by atoms with Crippen LogP contribution in [0, 0.1) is 0 Å². The summed E-state index contributed by atoms with van der Waals surface area (Å²) < 4.78 is 0.789. The first kappa shape index (κ1) is 17.5. The van der Waals surface area contributed by atoms with Gasteiger partial charge >= 0.3 is 0 Å². The highest BCUT2D eigenvalue weighted by molar-refractivity contribution is 7.99. The van der Waals surface area contributed by atoms with E-state index in [0.717, 1.165) is 28.9 Å². The number of thioether (sulfide) groups is 1. The second-order valence-electron chi connectivity index (χ2n) is 5.56. The number of hydrogen-bond acceptors (Lipinski definition) is 5. The summed E-state index contributed by atoms with van der Waals surface area (Å²) >= 11 is 9.10. The number of rotatable bonds is 5. The zero-order chi connectivity index (χ0) is 16.9. The molecule has 24 heavy (non-hydrogen) atoms. The van der Waals surface area contributed by atoms with Crippen LogP contribution in [0.25, 0.3) is 0 Å². The molecule has 1 aromatic carbocycles. The van der Waals surface area contributed by atoms with E-state index in [2.05, 4.69) is 4.90 Å². The first-order chi connectivity index (χ1) is 11.6. The van der Waals surface area contributed by atoms with Crippen LogP contribution in [0.5, 0.6) is 5.75 Å². The molecular weight excluding hydrogens is 364 g/mol. The average molecular weight is 383 g/mol. The Morgan fingerprint density at radius 3 is 2.58 bits per heavy atom. The monoisotopic (exact) mass is 382 g/mol. The summed E-state index contributed by atoms with van der Waals surface area (Å²) in [6.07, 6.45) is 0. The van der Waals surface area contributed by atoms with Crippen LogP contribution in [-0.2, 0) is 10.5 Å². The molecule has 0 unspecified atom stereocenters. The van der Waals surface area contributed by atoms with E-state index in [4.69, 9.17) is 11.6 Å². The Morgan fingerprint density at radius 2 is 1.92 bits per heavy atom. The molecule has 0 atom stereocenters. The number of phenols is 1. The molecule has 2 heterocycles. The number of anilines is 1. The van der Waals surface area contributed by atoms with Crippen molar-refractivity contribution in [1.29, 1.82) is 0 Å². The highest BCUT2D eigenvalue weighted by Gasteiger charge is 2.22. The van der Waals surface area contributed by atoms with E-state index in [1.54, 1.807) is 29.2 Å². The Hall–Kier alpha value is -1.37. The van der Waals surface area contributed by atoms with Crippen LogP contribution in [-0.4, -0.2) is 47.8 Å². The van der Waals surface area contributed by atoms with Crippen molar-refractivity contribution in [2.45, 2.75) is 5.75 Å². The summed E-state index contributed by atoms with van der Waals surface area (Å²) in [5.41, 5.74) is 0.841. The van der Waals surface area contributed by atoms with Gasteiger partial charge in [-0.15, -0.1) is 23.1 Å². The number of thiophene rings is 1. The van der Waals surface area contributed by atoms with Crippen LogP contribution in [0.1, 0.15) is 4.88 Å². The van der Waals surface area contributed by atoms with Gasteiger partial charge in [0.15, 0.2) is 0 Å². The number of halogens is 1. The van der Waals surface area contributed by atoms with Crippen LogP contribution < -0.4 is 4.90 Å². The van der Waals surface area contributed by atoms with Crippen molar-refractivity contribution in [3.8, 4) is 5.75 Å². The molecule has 1 saturated heterocycles. The highest BCUT2D eigenvalue weighted by Crippen LogP contribution is 2.28. The normalized spacial score (nSPS) is 14.9. The Balaban J connectivity index is 1.44. The molecule has 0 spiro atoms. The molecule has 1 aromatic heterocycles. The number of hydrogen-bond donors (Lipinski definition) is 1. The average Bonchev–Trinajstić information content (AvgIpc) is 3.01. The van der Waals surface area contributed by atoms with Crippen molar-refractivity contribution >= 4 is 46.3 Å². The van der Waals surface area contributed by atoms with Gasteiger partial charge < -0.3 is 14.9 Å². The SMILES string of the molecule is O=C(CSCc1ccc(Cl)s1)N1CCN(c2ccccc2O)CC1. The predicted octanol–water partition coefficient (Wildman–Crippen LogP) is 3.69. The zero-order valence-corrected chi connectivity index (χ0v) is 15.5. The van der Waals surface area contributed by atoms with Gasteiger partial charge in [-0.05, 0) is 24.3 Å². The summed E-state index contributed by atoms with van der Waals surface area (Å²) in [4.78, 5) is 17.5. The number of carbonyl (C=O) groups excluding carboxylic acids is 1. The third-order valence-corrected chi connectivity index (χ3v) is 6.33. The lowest BCUT2D eigenvalue weighted by atomic mass is 10.2. The molecule has 1 N–H and O–H groups in total. The Morgan fingerprint density at radius 1 is 1.17 bits per heavy atom. The van der Waals surface area contributed by atoms with E-state index in [0.29, 0.717) is 24.6 Å². The first-order valence-corrected chi connectivity index (χ1v) is 10.1. The number of benzene rings is 1. The van der Waals surface area contributed by atoms with Gasteiger partial charge in [-0.2, -0.15) is 0 Å². The van der Waals surface area contributed by atoms with Crippen molar-refractivity contribution in [2.75, 3.05) is 36.8 Å². The van der Waals surface area contributed by atoms with E-state index in [9.17, 15) is 9.90 Å². The van der Waals surface area contributed by atoms with Gasteiger partial charge in [-0.3, -0.25) is 4.79 Å². The summed E-state index contributed by atoms with van der Waals surface area (Å²) in [6, 6.07) is 11.2. The molecule has 1 aliphatic heterocycles. The van der Waals surface area contributed by atoms with E-state index in [1.807, 2.05) is 35.2 Å². The number of carbonyl (C=O) groups is 1. The van der Waals surface area contributed by atoms with Crippen molar-refractivity contribution < 1.29 is 9.90 Å². The fraction of sp³-hybridized carbons (Fsp3) is 0.353. The van der Waals surface area contributed by atoms with Crippen LogP contribution in [0.4, 0.5) is 5.69 Å². The molecule has 7 heteroatoms. The molecule has 1 aliphatic rings. The molecule has 128 valence electrons. The lowest BCUT2D eigenvalue weighted by Crippen LogP contribution is -2.49. The molecule has 0 bridgehead atoms. The molecule has 2 aromatic rings. The van der Waals surface area contributed by atoms with Crippen LogP contribution in [0.3, 0.4) is 0 Å². The van der Waals surface area contributed by atoms with Gasteiger partial charge in [0.25, 0.3) is 0 Å². The Labute approximate surface area is 155 Å². The van der Waals surface area contributed by atoms with Crippen molar-refractivity contribution in [1.82, 2.24) is 4.90 Å². The van der Waals surface area contributed by atoms with E-state index < -0.39 is 0 Å². The summed E-state index contributed by atoms with van der Waals surface area (Å²) in [6.45, 7) is 2.88. The predicted molar refractivity (Wildman–Crippen MR) is 102 cm³/mol. The van der Waals surface area contributed by atoms with Crippen molar-refractivity contribution in [2.24, 2.45) is 0 Å². The van der Waals surface area contributed by atoms with Crippen LogP contribution in [0.2, 0.25) is 4.34 Å². The van der Waals surface area contributed by atoms with E-state index in [-0.39, 0.29) is 5.91 Å². The Kier molecular flexibility index (Phi) is 5.92. The molecule has 3 rings (SSSR count). The van der Waals surface area contributed by atoms with E-state index >= 15 is 0 Å². The number of aromatic hydroxyl groups is 1. The van der Waals surface area contributed by atoms with Crippen LogP contribution >= 0.6 is 34.7 Å². The van der Waals surface area contributed by atoms with Crippen LogP contribution in [0.15, 0.2) is 36.4 Å². The lowest BCUT2D eigenvalue weighted by molar-refractivity contribution is -0.128. The van der Waals surface area contributed by atoms with Gasteiger partial charge in [-0.1, -0.05) is 23.7 Å². The Bertz CT molecular complexity index is 699. The van der Waals surface area contributed by atoms with Crippen molar-refractivity contribution in [3.05, 3.63) is 45.6 Å². The third kappa shape index (κ3) is 4.37. The minimum Gasteiger partial charge on any atom is -0.506 e. The summed E-state index contributed by atoms with van der Waals surface area (Å²) in [5, 5.41) is 9.93. The zero-order valence-electron chi connectivity index (χ0n) is 13.2. The number of amides is 1. The lowest BCUT2D eigenvalue weighted by Gasteiger charge is -2.36. The molecule has 1 amide bonds. The standard InChI is InChI=1S/C17H19ClN2O2S2/c18-16-6-5-13(24-16)11-23-12-17(22)20-9-7-19(8-10-20)14-3-1-2-4-15(14)21/h1-6,21H,7-12H2. The third-order valence-electron chi connectivity index (χ3n) is 3.95. The quantitative estimate of drug-likeness (QED) is 0.856. The number of para-hydroxylation sites is 2. The van der Waals surface area contributed by atoms with Gasteiger partial charge in [0.05, 0.1) is 15.8 Å². The summed E-state index contributed by atoms with van der Waals surface area (Å²) in [5.74, 6) is 1.79. The van der Waals surface area contributed by atoms with Gasteiger partial charge in [0.1, 0.15) is 5.75 Å². The highest BCUT2D eigenvalue weighted by atomic mass is 35.5. The molecule has 0 aliphatic carbocycles. The number of nitrogens with zero attached hydrogens (tertiary/aromatic N) is 2. The molecule has 1 fully saturated rings. The second kappa shape index (κ2) is 8.14. The maximum atomic E-state index is 12.3. The maximum absolute atomic E-state index is 12.3. The fourth-order valence-electron chi connectivity index (χ4n) is 2.69. The minimum atomic E-state index is 0.180. The molecule has 0 radical (unpaired) electrons. The molecular formula is C17H19ClN2O2S2. The fourth-order valence-corrected chi connectivity index (χ4v) is 4.81. The minimum absolute atomic E-state index is 0.180. The topological polar surface area (TPSA) is 43.8 Å². The first-order valence-electron chi connectivity index (χ1n) is 7.76. The summed E-state index contributed by atoms with van der Waals surface area (Å²) in [7, 11) is 0. The largest absolute Gasteiger partial charge is 0.506 e. The van der Waals surface area contributed by atoms with Crippen molar-refractivity contribution in [3.63, 3.8) is 0 Å². The molecule has 4 nitrogen and oxygen atoms in total. The second-order valence-corrected chi connectivity index (χ2v) is 8.34. The smallest absolute Gasteiger partial charge is 0.232 e. The number of phenolic OH excluding ortho intramolecular Hbond substituents is 1. The number of piperazine rings is 1. The maximum Gasteiger partial charge on any atom is 0.232 e. The van der Waals surface area contributed by atoms with Gasteiger partial charge in [0, 0.05) is 36.8 Å². The van der Waals surface area contributed by atoms with Gasteiger partial charge in [0.2, 0.25) is 5.91 Å². The van der Waals surface area contributed by atoms with Gasteiger partial charge in [-0.25, -0.2) is 0 Å².